The highest BCUT2D eigenvalue weighted by molar-refractivity contribution is 7.26. The van der Waals surface area contributed by atoms with E-state index < -0.39 is 0 Å². The van der Waals surface area contributed by atoms with Gasteiger partial charge in [-0.2, -0.15) is 0 Å². The van der Waals surface area contributed by atoms with E-state index in [4.69, 9.17) is 0 Å². The summed E-state index contributed by atoms with van der Waals surface area (Å²) in [6.07, 6.45) is 0. The predicted molar refractivity (Wildman–Crippen MR) is 243 cm³/mol. The summed E-state index contributed by atoms with van der Waals surface area (Å²) in [5, 5.41) is 13.0. The first-order valence-electron chi connectivity index (χ1n) is 19.6. The summed E-state index contributed by atoms with van der Waals surface area (Å²) in [7, 11) is 0. The maximum atomic E-state index is 2.51. The Bertz CT molecular complexity index is 3380. The van der Waals surface area contributed by atoms with E-state index in [1.807, 2.05) is 11.3 Å². The lowest BCUT2D eigenvalue weighted by Gasteiger charge is -2.23. The van der Waals surface area contributed by atoms with Crippen molar-refractivity contribution in [2.45, 2.75) is 19.3 Å². The summed E-state index contributed by atoms with van der Waals surface area (Å²) in [5.74, 6) is 0. The Balaban J connectivity index is 1.06. The van der Waals surface area contributed by atoms with Gasteiger partial charge >= 0.3 is 0 Å². The monoisotopic (exact) mass is 728 g/mol. The summed E-state index contributed by atoms with van der Waals surface area (Å²) < 4.78 is 2.74. The van der Waals surface area contributed by atoms with Crippen molar-refractivity contribution in [3.8, 4) is 44.5 Å². The fourth-order valence-electron chi connectivity index (χ4n) is 9.94. The quantitative estimate of drug-likeness (QED) is 0.159. The molecule has 0 fully saturated rings. The van der Waals surface area contributed by atoms with Crippen LogP contribution in [-0.4, -0.2) is 0 Å². The fourth-order valence-corrected chi connectivity index (χ4v) is 11.2. The summed E-state index contributed by atoms with van der Waals surface area (Å²) >= 11 is 1.92. The van der Waals surface area contributed by atoms with Gasteiger partial charge in [0.25, 0.3) is 0 Å². The Kier molecular flexibility index (Phi) is 6.66. The minimum atomic E-state index is -0.140. The van der Waals surface area contributed by atoms with Crippen LogP contribution in [0.3, 0.4) is 0 Å². The summed E-state index contributed by atoms with van der Waals surface area (Å²) in [6, 6.07) is 68.2. The average Bonchev–Trinajstić information content (AvgIpc) is 3.74. The second kappa shape index (κ2) is 11.7. The second-order valence-corrected chi connectivity index (χ2v) is 17.0. The number of hydrogen-bond donors (Lipinski definition) is 0. The lowest BCUT2D eigenvalue weighted by Crippen LogP contribution is -2.15. The van der Waals surface area contributed by atoms with Crippen molar-refractivity contribution in [1.82, 2.24) is 0 Å². The van der Waals surface area contributed by atoms with E-state index in [1.54, 1.807) is 0 Å². The minimum absolute atomic E-state index is 0.140. The zero-order chi connectivity index (χ0) is 37.1. The van der Waals surface area contributed by atoms with E-state index in [9.17, 15) is 0 Å². The first kappa shape index (κ1) is 31.8. The largest absolute Gasteiger partial charge is 0.135 e. The van der Waals surface area contributed by atoms with Gasteiger partial charge in [0.1, 0.15) is 0 Å². The number of benzene rings is 10. The Morgan fingerprint density at radius 2 is 0.857 bits per heavy atom. The topological polar surface area (TPSA) is 0 Å². The fraction of sp³-hybridized carbons (Fsp3) is 0.0545. The van der Waals surface area contributed by atoms with Crippen LogP contribution in [0.2, 0.25) is 0 Å². The Labute approximate surface area is 329 Å². The molecule has 11 aromatic rings. The van der Waals surface area contributed by atoms with Gasteiger partial charge in [0.15, 0.2) is 0 Å². The maximum Gasteiger partial charge on any atom is 0.0434 e. The Morgan fingerprint density at radius 1 is 0.339 bits per heavy atom. The van der Waals surface area contributed by atoms with Crippen LogP contribution in [0.1, 0.15) is 25.0 Å². The Morgan fingerprint density at radius 3 is 1.57 bits per heavy atom. The molecule has 12 rings (SSSR count). The molecule has 0 atom stereocenters. The first-order valence-corrected chi connectivity index (χ1v) is 20.4. The highest BCUT2D eigenvalue weighted by atomic mass is 32.1. The van der Waals surface area contributed by atoms with Crippen LogP contribution in [0.25, 0.3) is 108 Å². The summed E-state index contributed by atoms with van der Waals surface area (Å²) in [6.45, 7) is 4.82. The van der Waals surface area contributed by atoms with Crippen LogP contribution < -0.4 is 0 Å². The SMILES string of the molecule is CC1(C)c2cc(-c3c4ccccc4c(-c4ccc5ccc(-c6ccccc6)cc5c4)c4ccccc34)ccc2-c2c1ccc1c2ccc2c3ccccc3sc12. The van der Waals surface area contributed by atoms with Crippen molar-refractivity contribution in [1.29, 1.82) is 0 Å². The van der Waals surface area contributed by atoms with Gasteiger partial charge < -0.3 is 0 Å². The zero-order valence-electron chi connectivity index (χ0n) is 31.2. The van der Waals surface area contributed by atoms with E-state index in [1.165, 1.54) is 119 Å². The number of fused-ring (bicyclic) bond motifs is 12. The molecule has 0 radical (unpaired) electrons. The molecule has 1 heteroatoms. The third-order valence-electron chi connectivity index (χ3n) is 12.6. The molecule has 1 heterocycles. The zero-order valence-corrected chi connectivity index (χ0v) is 32.0. The standard InChI is InChI=1S/C55H36S/c1-55(2)48-29-28-46-44(26-27-45-39-14-10-11-19-50(39)56-54(45)46)53(48)47-25-24-37(32-49(47)55)52-42-17-8-6-15-40(42)51(41-16-7-9-18-43(41)52)36-23-21-34-20-22-35(30-38(34)31-36)33-12-4-3-5-13-33/h3-32H,1-2H3. The average molecular weight is 729 g/mol. The van der Waals surface area contributed by atoms with Gasteiger partial charge in [-0.1, -0.05) is 172 Å². The highest BCUT2D eigenvalue weighted by Crippen LogP contribution is 2.54. The maximum absolute atomic E-state index is 2.51. The lowest BCUT2D eigenvalue weighted by atomic mass is 9.80. The minimum Gasteiger partial charge on any atom is -0.135 e. The molecule has 0 bridgehead atoms. The molecule has 0 saturated carbocycles. The van der Waals surface area contributed by atoms with Gasteiger partial charge in [0, 0.05) is 31.0 Å². The van der Waals surface area contributed by atoms with E-state index >= 15 is 0 Å². The first-order chi connectivity index (χ1) is 27.5. The molecule has 0 unspecified atom stereocenters. The van der Waals surface area contributed by atoms with Crippen LogP contribution in [0.5, 0.6) is 0 Å². The molecule has 0 nitrogen and oxygen atoms in total. The van der Waals surface area contributed by atoms with Crippen molar-refractivity contribution in [3.63, 3.8) is 0 Å². The van der Waals surface area contributed by atoms with E-state index in [0.717, 1.165) is 0 Å². The van der Waals surface area contributed by atoms with Crippen molar-refractivity contribution in [2.75, 3.05) is 0 Å². The van der Waals surface area contributed by atoms with E-state index in [0.29, 0.717) is 0 Å². The molecule has 0 N–H and O–H groups in total. The normalized spacial score (nSPS) is 13.3. The van der Waals surface area contributed by atoms with Crippen molar-refractivity contribution >= 4 is 74.6 Å². The molecule has 1 aliphatic rings. The molecule has 0 aliphatic heterocycles. The molecule has 262 valence electrons. The van der Waals surface area contributed by atoms with Gasteiger partial charge in [-0.25, -0.2) is 0 Å². The van der Waals surface area contributed by atoms with Gasteiger partial charge in [-0.3, -0.25) is 0 Å². The van der Waals surface area contributed by atoms with Gasteiger partial charge in [0.2, 0.25) is 0 Å². The van der Waals surface area contributed by atoms with Crippen LogP contribution in [-0.2, 0) is 5.41 Å². The predicted octanol–water partition coefficient (Wildman–Crippen LogP) is 16.0. The molecule has 0 amide bonds. The van der Waals surface area contributed by atoms with Crippen LogP contribution >= 0.6 is 11.3 Å². The van der Waals surface area contributed by atoms with Gasteiger partial charge in [0.05, 0.1) is 0 Å². The van der Waals surface area contributed by atoms with Crippen molar-refractivity contribution in [2.24, 2.45) is 0 Å². The molecule has 1 aliphatic carbocycles. The number of thiophene rings is 1. The molecule has 10 aromatic carbocycles. The molecular weight excluding hydrogens is 693 g/mol. The molecule has 56 heavy (non-hydrogen) atoms. The summed E-state index contributed by atoms with van der Waals surface area (Å²) in [5.41, 5.74) is 13.0. The van der Waals surface area contributed by atoms with Crippen molar-refractivity contribution < 1.29 is 0 Å². The van der Waals surface area contributed by atoms with E-state index in [2.05, 4.69) is 196 Å². The van der Waals surface area contributed by atoms with Gasteiger partial charge in [-0.05, 0) is 118 Å². The highest BCUT2D eigenvalue weighted by Gasteiger charge is 2.37. The molecular formula is C55H36S. The third kappa shape index (κ3) is 4.47. The summed E-state index contributed by atoms with van der Waals surface area (Å²) in [4.78, 5) is 0. The van der Waals surface area contributed by atoms with Crippen LogP contribution in [0.4, 0.5) is 0 Å². The smallest absolute Gasteiger partial charge is 0.0434 e. The number of rotatable bonds is 3. The Hall–Kier alpha value is -6.54. The molecule has 0 saturated heterocycles. The van der Waals surface area contributed by atoms with Gasteiger partial charge in [-0.15, -0.1) is 11.3 Å². The third-order valence-corrected chi connectivity index (χ3v) is 13.9. The van der Waals surface area contributed by atoms with E-state index in [-0.39, 0.29) is 5.41 Å². The van der Waals surface area contributed by atoms with Crippen molar-refractivity contribution in [3.05, 3.63) is 193 Å². The molecule has 1 aromatic heterocycles. The molecule has 0 spiro atoms. The van der Waals surface area contributed by atoms with Crippen LogP contribution in [0.15, 0.2) is 182 Å². The van der Waals surface area contributed by atoms with Crippen LogP contribution in [0, 0.1) is 0 Å². The lowest BCUT2D eigenvalue weighted by molar-refractivity contribution is 0.661. The number of hydrogen-bond acceptors (Lipinski definition) is 1. The second-order valence-electron chi connectivity index (χ2n) is 16.0.